The van der Waals surface area contributed by atoms with Crippen molar-refractivity contribution in [3.63, 3.8) is 0 Å². The highest BCUT2D eigenvalue weighted by atomic mass is 35.5. The van der Waals surface area contributed by atoms with Gasteiger partial charge in [-0.25, -0.2) is 0 Å². The van der Waals surface area contributed by atoms with E-state index in [1.807, 2.05) is 13.8 Å². The van der Waals surface area contributed by atoms with Crippen molar-refractivity contribution < 1.29 is 14.8 Å². The molecular formula is C13H15ClN2O4. The van der Waals surface area contributed by atoms with Gasteiger partial charge < -0.3 is 10.4 Å². The van der Waals surface area contributed by atoms with E-state index in [0.29, 0.717) is 6.42 Å². The number of nitrogens with zero attached hydrogens (tertiary/aromatic N) is 1. The minimum Gasteiger partial charge on any atom is -0.392 e. The molecule has 0 aromatic heterocycles. The highest BCUT2D eigenvalue weighted by Gasteiger charge is 2.48. The summed E-state index contributed by atoms with van der Waals surface area (Å²) in [6, 6.07) is 3.92. The van der Waals surface area contributed by atoms with E-state index in [1.165, 1.54) is 18.2 Å². The van der Waals surface area contributed by atoms with E-state index in [4.69, 9.17) is 11.6 Å². The second-order valence-electron chi connectivity index (χ2n) is 5.49. The lowest BCUT2D eigenvalue weighted by Gasteiger charge is -2.49. The first-order valence-corrected chi connectivity index (χ1v) is 6.54. The van der Waals surface area contributed by atoms with Crippen LogP contribution < -0.4 is 5.32 Å². The number of nitrogens with one attached hydrogen (secondary N) is 1. The van der Waals surface area contributed by atoms with E-state index >= 15 is 0 Å². The van der Waals surface area contributed by atoms with Crippen molar-refractivity contribution in [3.8, 4) is 0 Å². The third kappa shape index (κ3) is 2.36. The van der Waals surface area contributed by atoms with Crippen molar-refractivity contribution in [2.45, 2.75) is 32.4 Å². The Hall–Kier alpha value is -1.66. The molecule has 1 aliphatic carbocycles. The Bertz CT molecular complexity index is 573. The summed E-state index contributed by atoms with van der Waals surface area (Å²) in [5.74, 6) is -0.469. The average Bonchev–Trinajstić information content (AvgIpc) is 2.38. The third-order valence-electron chi connectivity index (χ3n) is 3.94. The average molecular weight is 299 g/mol. The number of carbonyl (C=O) groups excluding carboxylic acids is 1. The normalized spacial score (nSPS) is 23.8. The Morgan fingerprint density at radius 1 is 1.55 bits per heavy atom. The molecule has 1 amide bonds. The summed E-state index contributed by atoms with van der Waals surface area (Å²) in [7, 11) is 0. The molecule has 2 N–H and O–H groups in total. The van der Waals surface area contributed by atoms with Gasteiger partial charge in [-0.05, 0) is 12.5 Å². The predicted molar refractivity (Wildman–Crippen MR) is 73.8 cm³/mol. The van der Waals surface area contributed by atoms with Crippen molar-refractivity contribution in [2.75, 3.05) is 0 Å². The van der Waals surface area contributed by atoms with E-state index in [1.54, 1.807) is 0 Å². The smallest absolute Gasteiger partial charge is 0.288 e. The van der Waals surface area contributed by atoms with Crippen LogP contribution in [0.4, 0.5) is 5.69 Å². The van der Waals surface area contributed by atoms with Crippen LogP contribution in [0.1, 0.15) is 30.6 Å². The Morgan fingerprint density at radius 3 is 2.70 bits per heavy atom. The fourth-order valence-corrected chi connectivity index (χ4v) is 2.50. The number of nitro groups is 1. The molecule has 20 heavy (non-hydrogen) atoms. The zero-order valence-corrected chi connectivity index (χ0v) is 11.8. The Labute approximate surface area is 120 Å². The molecule has 1 saturated carbocycles. The number of hydrogen-bond acceptors (Lipinski definition) is 4. The van der Waals surface area contributed by atoms with Crippen molar-refractivity contribution in [1.82, 2.24) is 5.32 Å². The molecule has 108 valence electrons. The van der Waals surface area contributed by atoms with Gasteiger partial charge in [0.15, 0.2) is 0 Å². The van der Waals surface area contributed by atoms with E-state index in [0.717, 1.165) is 0 Å². The molecule has 1 aromatic carbocycles. The minimum atomic E-state index is -0.629. The predicted octanol–water partition coefficient (Wildman–Crippen LogP) is 2.14. The molecule has 2 rings (SSSR count). The molecule has 7 heteroatoms. The van der Waals surface area contributed by atoms with Gasteiger partial charge in [0.1, 0.15) is 5.02 Å². The number of benzene rings is 1. The van der Waals surface area contributed by atoms with Crippen LogP contribution in [-0.4, -0.2) is 28.1 Å². The van der Waals surface area contributed by atoms with Crippen molar-refractivity contribution in [3.05, 3.63) is 38.9 Å². The van der Waals surface area contributed by atoms with Crippen molar-refractivity contribution in [2.24, 2.45) is 5.41 Å². The standard InChI is InChI=1S/C13H15ClN2O4/c1-13(2)9(6-10(13)17)15-12(18)7-4-3-5-8(11(7)14)16(19)20/h3-5,9-10,17H,6H2,1-2H3,(H,15,18). The highest BCUT2D eigenvalue weighted by Crippen LogP contribution is 2.40. The van der Waals surface area contributed by atoms with Gasteiger partial charge in [-0.15, -0.1) is 0 Å². The quantitative estimate of drug-likeness (QED) is 0.660. The van der Waals surface area contributed by atoms with Crippen molar-refractivity contribution in [1.29, 1.82) is 0 Å². The van der Waals surface area contributed by atoms with E-state index in [2.05, 4.69) is 5.32 Å². The van der Waals surface area contributed by atoms with E-state index < -0.39 is 22.3 Å². The molecule has 1 fully saturated rings. The van der Waals surface area contributed by atoms with Gasteiger partial charge in [0.25, 0.3) is 11.6 Å². The number of nitro benzene ring substituents is 1. The lowest BCUT2D eigenvalue weighted by molar-refractivity contribution is -0.384. The number of aliphatic hydroxyl groups excluding tert-OH is 1. The van der Waals surface area contributed by atoms with Gasteiger partial charge in [0.05, 0.1) is 16.6 Å². The molecule has 0 aliphatic heterocycles. The molecule has 1 aromatic rings. The number of amides is 1. The van der Waals surface area contributed by atoms with Crippen LogP contribution in [0.15, 0.2) is 18.2 Å². The number of carbonyl (C=O) groups is 1. The van der Waals surface area contributed by atoms with Crippen LogP contribution in [-0.2, 0) is 0 Å². The SMILES string of the molecule is CC1(C)C(O)CC1NC(=O)c1cccc([N+](=O)[O-])c1Cl. The van der Waals surface area contributed by atoms with Crippen LogP contribution in [0.3, 0.4) is 0 Å². The van der Waals surface area contributed by atoms with Crippen LogP contribution in [0.5, 0.6) is 0 Å². The van der Waals surface area contributed by atoms with Gasteiger partial charge in [0.2, 0.25) is 0 Å². The summed E-state index contributed by atoms with van der Waals surface area (Å²) in [5.41, 5.74) is -0.645. The van der Waals surface area contributed by atoms with Gasteiger partial charge in [-0.1, -0.05) is 31.5 Å². The van der Waals surface area contributed by atoms with Gasteiger partial charge >= 0.3 is 0 Å². The maximum atomic E-state index is 12.1. The van der Waals surface area contributed by atoms with Crippen LogP contribution >= 0.6 is 11.6 Å². The van der Waals surface area contributed by atoms with E-state index in [9.17, 15) is 20.0 Å². The summed E-state index contributed by atoms with van der Waals surface area (Å²) in [6.45, 7) is 3.70. The van der Waals surface area contributed by atoms with Gasteiger partial charge in [-0.3, -0.25) is 14.9 Å². The summed E-state index contributed by atoms with van der Waals surface area (Å²) >= 11 is 5.89. The fraction of sp³-hybridized carbons (Fsp3) is 0.462. The molecule has 0 spiro atoms. The number of hydrogen-bond donors (Lipinski definition) is 2. The molecule has 0 bridgehead atoms. The first kappa shape index (κ1) is 14.7. The Kier molecular flexibility index (Phi) is 3.71. The van der Waals surface area contributed by atoms with Crippen LogP contribution in [0, 0.1) is 15.5 Å². The molecule has 1 aliphatic rings. The molecule has 2 unspecified atom stereocenters. The second kappa shape index (κ2) is 5.03. The molecular weight excluding hydrogens is 284 g/mol. The second-order valence-corrected chi connectivity index (χ2v) is 5.87. The van der Waals surface area contributed by atoms with Gasteiger partial charge in [-0.2, -0.15) is 0 Å². The zero-order valence-electron chi connectivity index (χ0n) is 11.1. The molecule has 0 saturated heterocycles. The summed E-state index contributed by atoms with van der Waals surface area (Å²) in [6.07, 6.45) is -0.000884. The molecule has 6 nitrogen and oxygen atoms in total. The number of halogens is 1. The Morgan fingerprint density at radius 2 is 2.20 bits per heavy atom. The maximum Gasteiger partial charge on any atom is 0.288 e. The maximum absolute atomic E-state index is 12.1. The van der Waals surface area contributed by atoms with Crippen LogP contribution in [0.2, 0.25) is 5.02 Å². The first-order valence-electron chi connectivity index (χ1n) is 6.17. The third-order valence-corrected chi connectivity index (χ3v) is 4.34. The number of rotatable bonds is 3. The molecule has 0 radical (unpaired) electrons. The minimum absolute atomic E-state index is 0.0676. The monoisotopic (exact) mass is 298 g/mol. The topological polar surface area (TPSA) is 92.5 Å². The summed E-state index contributed by atoms with van der Waals surface area (Å²) < 4.78 is 0. The largest absolute Gasteiger partial charge is 0.392 e. The van der Waals surface area contributed by atoms with Crippen molar-refractivity contribution >= 4 is 23.2 Å². The zero-order chi connectivity index (χ0) is 15.1. The van der Waals surface area contributed by atoms with Crippen LogP contribution in [0.25, 0.3) is 0 Å². The fourth-order valence-electron chi connectivity index (χ4n) is 2.22. The summed E-state index contributed by atoms with van der Waals surface area (Å²) in [4.78, 5) is 22.3. The first-order chi connectivity index (χ1) is 9.25. The lowest BCUT2D eigenvalue weighted by Crippen LogP contribution is -2.61. The number of aliphatic hydroxyl groups is 1. The Balaban J connectivity index is 2.19. The molecule has 2 atom stereocenters. The summed E-state index contributed by atoms with van der Waals surface area (Å²) in [5, 5.41) is 23.0. The highest BCUT2D eigenvalue weighted by molar-refractivity contribution is 6.35. The molecule has 0 heterocycles. The van der Waals surface area contributed by atoms with Gasteiger partial charge in [0, 0.05) is 17.5 Å². The lowest BCUT2D eigenvalue weighted by atomic mass is 9.64. The van der Waals surface area contributed by atoms with E-state index in [-0.39, 0.29) is 22.3 Å².